The summed E-state index contributed by atoms with van der Waals surface area (Å²) in [5.74, 6) is 0. The van der Waals surface area contributed by atoms with E-state index in [0.29, 0.717) is 6.61 Å². The summed E-state index contributed by atoms with van der Waals surface area (Å²) < 4.78 is 6.31. The molecule has 0 spiro atoms. The van der Waals surface area contributed by atoms with Gasteiger partial charge in [-0.1, -0.05) is 33.6 Å². The first kappa shape index (κ1) is 12.7. The van der Waals surface area contributed by atoms with Crippen molar-refractivity contribution in [2.45, 2.75) is 33.0 Å². The number of halogens is 1. The summed E-state index contributed by atoms with van der Waals surface area (Å²) in [7, 11) is 0. The number of benzene rings is 1. The Balaban J connectivity index is 2.72. The van der Waals surface area contributed by atoms with E-state index in [9.17, 15) is 5.11 Å². The summed E-state index contributed by atoms with van der Waals surface area (Å²) in [5.41, 5.74) is 2.02. The van der Waals surface area contributed by atoms with E-state index >= 15 is 0 Å². The van der Waals surface area contributed by atoms with Gasteiger partial charge in [0.1, 0.15) is 6.10 Å². The lowest BCUT2D eigenvalue weighted by Gasteiger charge is -2.15. The third-order valence-corrected chi connectivity index (χ3v) is 2.82. The van der Waals surface area contributed by atoms with Gasteiger partial charge in [-0.3, -0.25) is 0 Å². The number of aliphatic hydroxyl groups is 1. The highest BCUT2D eigenvalue weighted by molar-refractivity contribution is 9.10. The molecule has 0 aliphatic heterocycles. The molecule has 1 aromatic rings. The Morgan fingerprint density at radius 2 is 2.07 bits per heavy atom. The van der Waals surface area contributed by atoms with Gasteiger partial charge in [0, 0.05) is 4.47 Å². The molecule has 0 saturated carbocycles. The molecule has 0 aliphatic carbocycles. The van der Waals surface area contributed by atoms with E-state index in [1.807, 2.05) is 39.0 Å². The number of hydrogen-bond donors (Lipinski definition) is 1. The van der Waals surface area contributed by atoms with E-state index in [-0.39, 0.29) is 6.10 Å². The minimum absolute atomic E-state index is 0.142. The van der Waals surface area contributed by atoms with Gasteiger partial charge in [0.25, 0.3) is 0 Å². The van der Waals surface area contributed by atoms with Gasteiger partial charge < -0.3 is 9.84 Å². The van der Waals surface area contributed by atoms with Crippen molar-refractivity contribution in [3.05, 3.63) is 33.8 Å². The second-order valence-corrected chi connectivity index (χ2v) is 4.78. The molecule has 0 fully saturated rings. The van der Waals surface area contributed by atoms with Crippen LogP contribution in [0.2, 0.25) is 0 Å². The van der Waals surface area contributed by atoms with Crippen molar-refractivity contribution in [2.75, 3.05) is 6.61 Å². The summed E-state index contributed by atoms with van der Waals surface area (Å²) in [6, 6.07) is 5.92. The van der Waals surface area contributed by atoms with Gasteiger partial charge in [0.15, 0.2) is 0 Å². The predicted molar refractivity (Wildman–Crippen MR) is 64.9 cm³/mol. The molecule has 1 unspecified atom stereocenters. The lowest BCUT2D eigenvalue weighted by atomic mass is 10.1. The van der Waals surface area contributed by atoms with E-state index in [1.165, 1.54) is 0 Å². The molecule has 0 amide bonds. The molecular formula is C12H17BrO2. The van der Waals surface area contributed by atoms with Gasteiger partial charge in [-0.2, -0.15) is 0 Å². The van der Waals surface area contributed by atoms with E-state index in [0.717, 1.165) is 15.6 Å². The monoisotopic (exact) mass is 272 g/mol. The normalized spacial score (nSPS) is 13.2. The Labute approximate surface area is 99.4 Å². The van der Waals surface area contributed by atoms with Crippen LogP contribution in [-0.4, -0.2) is 17.8 Å². The van der Waals surface area contributed by atoms with Crippen LogP contribution in [0.25, 0.3) is 0 Å². The SMILES string of the molecule is Cc1ccc(Br)c(C(O)COC(C)C)c1. The van der Waals surface area contributed by atoms with Crippen molar-refractivity contribution >= 4 is 15.9 Å². The number of hydrogen-bond acceptors (Lipinski definition) is 2. The van der Waals surface area contributed by atoms with Crippen LogP contribution < -0.4 is 0 Å². The van der Waals surface area contributed by atoms with E-state index in [4.69, 9.17) is 4.74 Å². The quantitative estimate of drug-likeness (QED) is 0.912. The van der Waals surface area contributed by atoms with Crippen LogP contribution in [0.4, 0.5) is 0 Å². The predicted octanol–water partition coefficient (Wildman–Crippen LogP) is 3.22. The zero-order valence-corrected chi connectivity index (χ0v) is 10.9. The van der Waals surface area contributed by atoms with Crippen molar-refractivity contribution in [1.29, 1.82) is 0 Å². The van der Waals surface area contributed by atoms with Gasteiger partial charge in [-0.25, -0.2) is 0 Å². The molecule has 2 nitrogen and oxygen atoms in total. The Morgan fingerprint density at radius 1 is 1.40 bits per heavy atom. The van der Waals surface area contributed by atoms with Crippen LogP contribution >= 0.6 is 15.9 Å². The summed E-state index contributed by atoms with van der Waals surface area (Å²) in [6.07, 6.45) is -0.426. The molecule has 3 heteroatoms. The Hall–Kier alpha value is -0.380. The molecule has 0 aliphatic rings. The van der Waals surface area contributed by atoms with Gasteiger partial charge >= 0.3 is 0 Å². The van der Waals surface area contributed by atoms with Crippen molar-refractivity contribution < 1.29 is 9.84 Å². The molecule has 0 heterocycles. The molecule has 1 rings (SSSR count). The lowest BCUT2D eigenvalue weighted by Crippen LogP contribution is -2.12. The van der Waals surface area contributed by atoms with Crippen LogP contribution in [0, 0.1) is 6.92 Å². The smallest absolute Gasteiger partial charge is 0.103 e. The average molecular weight is 273 g/mol. The summed E-state index contributed by atoms with van der Waals surface area (Å²) in [4.78, 5) is 0. The fourth-order valence-electron chi connectivity index (χ4n) is 1.29. The second kappa shape index (κ2) is 5.64. The highest BCUT2D eigenvalue weighted by atomic mass is 79.9. The minimum Gasteiger partial charge on any atom is -0.386 e. The zero-order valence-electron chi connectivity index (χ0n) is 9.33. The first-order valence-corrected chi connectivity index (χ1v) is 5.85. The maximum absolute atomic E-state index is 9.92. The summed E-state index contributed by atoms with van der Waals surface area (Å²) in [5, 5.41) is 9.92. The topological polar surface area (TPSA) is 29.5 Å². The Bertz CT molecular complexity index is 323. The molecule has 0 aromatic heterocycles. The fraction of sp³-hybridized carbons (Fsp3) is 0.500. The molecule has 0 radical (unpaired) electrons. The number of aliphatic hydroxyl groups excluding tert-OH is 1. The molecule has 0 bridgehead atoms. The molecule has 1 aromatic carbocycles. The maximum Gasteiger partial charge on any atom is 0.103 e. The van der Waals surface area contributed by atoms with Crippen LogP contribution in [0.1, 0.15) is 31.1 Å². The van der Waals surface area contributed by atoms with Crippen LogP contribution in [0.5, 0.6) is 0 Å². The first-order valence-electron chi connectivity index (χ1n) is 5.06. The summed E-state index contributed by atoms with van der Waals surface area (Å²) >= 11 is 3.42. The molecule has 1 atom stereocenters. The van der Waals surface area contributed by atoms with Crippen LogP contribution in [-0.2, 0) is 4.74 Å². The van der Waals surface area contributed by atoms with Gasteiger partial charge in [0.2, 0.25) is 0 Å². The average Bonchev–Trinajstić information content (AvgIpc) is 2.18. The molecular weight excluding hydrogens is 256 g/mol. The van der Waals surface area contributed by atoms with Crippen molar-refractivity contribution in [3.63, 3.8) is 0 Å². The van der Waals surface area contributed by atoms with Crippen LogP contribution in [0.3, 0.4) is 0 Å². The Morgan fingerprint density at radius 3 is 2.67 bits per heavy atom. The van der Waals surface area contributed by atoms with Crippen molar-refractivity contribution in [1.82, 2.24) is 0 Å². The van der Waals surface area contributed by atoms with Gasteiger partial charge in [0.05, 0.1) is 12.7 Å². The molecule has 84 valence electrons. The third kappa shape index (κ3) is 3.93. The number of rotatable bonds is 4. The van der Waals surface area contributed by atoms with E-state index in [2.05, 4.69) is 15.9 Å². The number of ether oxygens (including phenoxy) is 1. The maximum atomic E-state index is 9.92. The Kier molecular flexibility index (Phi) is 4.77. The largest absolute Gasteiger partial charge is 0.386 e. The van der Waals surface area contributed by atoms with Gasteiger partial charge in [-0.15, -0.1) is 0 Å². The second-order valence-electron chi connectivity index (χ2n) is 3.92. The standard InChI is InChI=1S/C12H17BrO2/c1-8(2)15-7-12(14)10-6-9(3)4-5-11(10)13/h4-6,8,12,14H,7H2,1-3H3. The highest BCUT2D eigenvalue weighted by Gasteiger charge is 2.12. The molecule has 15 heavy (non-hydrogen) atoms. The fourth-order valence-corrected chi connectivity index (χ4v) is 1.80. The van der Waals surface area contributed by atoms with Crippen molar-refractivity contribution in [3.8, 4) is 0 Å². The van der Waals surface area contributed by atoms with E-state index in [1.54, 1.807) is 0 Å². The van der Waals surface area contributed by atoms with Crippen LogP contribution in [0.15, 0.2) is 22.7 Å². The molecule has 0 saturated heterocycles. The minimum atomic E-state index is -0.568. The third-order valence-electron chi connectivity index (χ3n) is 2.10. The lowest BCUT2D eigenvalue weighted by molar-refractivity contribution is 0.00464. The molecule has 1 N–H and O–H groups in total. The number of aryl methyl sites for hydroxylation is 1. The zero-order chi connectivity index (χ0) is 11.4. The highest BCUT2D eigenvalue weighted by Crippen LogP contribution is 2.25. The van der Waals surface area contributed by atoms with Gasteiger partial charge in [-0.05, 0) is 32.4 Å². The first-order chi connectivity index (χ1) is 7.00. The summed E-state index contributed by atoms with van der Waals surface area (Å²) in [6.45, 7) is 6.25. The van der Waals surface area contributed by atoms with E-state index < -0.39 is 6.10 Å². The van der Waals surface area contributed by atoms with Crippen molar-refractivity contribution in [2.24, 2.45) is 0 Å².